The fourth-order valence-corrected chi connectivity index (χ4v) is 4.16. The van der Waals surface area contributed by atoms with Gasteiger partial charge < -0.3 is 15.0 Å². The van der Waals surface area contributed by atoms with E-state index in [0.717, 1.165) is 75.2 Å². The van der Waals surface area contributed by atoms with Crippen LogP contribution in [0.15, 0.2) is 35.4 Å². The van der Waals surface area contributed by atoms with Gasteiger partial charge in [0.2, 0.25) is 0 Å². The van der Waals surface area contributed by atoms with Crippen LogP contribution in [-0.2, 0) is 4.74 Å². The molecule has 1 aromatic heterocycles. The Bertz CT molecular complexity index is 887. The monoisotopic (exact) mass is 441 g/mol. The Morgan fingerprint density at radius 1 is 1.16 bits per heavy atom. The molecule has 0 amide bonds. The van der Waals surface area contributed by atoms with E-state index in [1.807, 2.05) is 36.0 Å². The zero-order chi connectivity index (χ0) is 21.5. The lowest BCUT2D eigenvalue weighted by Gasteiger charge is -2.26. The van der Waals surface area contributed by atoms with E-state index >= 15 is 0 Å². The number of benzene rings is 1. The van der Waals surface area contributed by atoms with Gasteiger partial charge in [-0.05, 0) is 44.1 Å². The highest BCUT2D eigenvalue weighted by molar-refractivity contribution is 7.80. The molecule has 9 heteroatoms. The van der Waals surface area contributed by atoms with Crippen molar-refractivity contribution in [2.75, 3.05) is 57.4 Å². The molecule has 166 valence electrons. The summed E-state index contributed by atoms with van der Waals surface area (Å²) in [7, 11) is 0. The molecule has 2 aliphatic rings. The molecule has 0 saturated carbocycles. The van der Waals surface area contributed by atoms with E-state index < -0.39 is 0 Å². The summed E-state index contributed by atoms with van der Waals surface area (Å²) in [6.45, 7) is 9.39. The van der Waals surface area contributed by atoms with E-state index in [1.165, 1.54) is 12.8 Å². The summed E-state index contributed by atoms with van der Waals surface area (Å²) in [5.41, 5.74) is 5.98. The normalized spacial score (nSPS) is 17.4. The van der Waals surface area contributed by atoms with Crippen LogP contribution in [0.25, 0.3) is 5.69 Å². The van der Waals surface area contributed by atoms with Crippen molar-refractivity contribution >= 4 is 29.4 Å². The first-order chi connectivity index (χ1) is 15.2. The molecule has 2 saturated heterocycles. The number of hydrogen-bond acceptors (Lipinski definition) is 6. The highest BCUT2D eigenvalue weighted by Crippen LogP contribution is 2.28. The number of hydrogen-bond donors (Lipinski definition) is 2. The maximum atomic E-state index is 5.38. The second-order valence-electron chi connectivity index (χ2n) is 7.84. The van der Waals surface area contributed by atoms with Crippen LogP contribution in [0.3, 0.4) is 0 Å². The molecule has 0 aliphatic carbocycles. The fourth-order valence-electron chi connectivity index (χ4n) is 4.01. The summed E-state index contributed by atoms with van der Waals surface area (Å²) in [4.78, 5) is 4.76. The first-order valence-corrected chi connectivity index (χ1v) is 11.4. The lowest BCUT2D eigenvalue weighted by Crippen LogP contribution is -2.42. The lowest BCUT2D eigenvalue weighted by atomic mass is 10.2. The molecule has 0 spiro atoms. The van der Waals surface area contributed by atoms with Gasteiger partial charge in [0.25, 0.3) is 0 Å². The third kappa shape index (κ3) is 5.61. The van der Waals surface area contributed by atoms with Gasteiger partial charge in [0.05, 0.1) is 36.4 Å². The Labute approximate surface area is 189 Å². The second kappa shape index (κ2) is 10.7. The van der Waals surface area contributed by atoms with Gasteiger partial charge in [0.15, 0.2) is 5.11 Å². The molecule has 0 radical (unpaired) electrons. The molecule has 2 aliphatic heterocycles. The maximum absolute atomic E-state index is 5.38. The van der Waals surface area contributed by atoms with Crippen molar-refractivity contribution in [3.8, 4) is 5.69 Å². The number of aryl methyl sites for hydroxylation is 1. The SMILES string of the molecule is Cc1nn(-c2ccccc2)c(N2CCCC2)c1/C=N/NC(=S)NCCN1CCOCC1. The number of hydrazone groups is 1. The standard InChI is InChI=1S/C22H31N7OS/c1-18-20(17-24-25-22(31)23-9-12-27-13-15-30-16-14-27)21(28-10-5-6-11-28)29(26-18)19-7-3-2-4-8-19/h2-4,7-8,17H,5-6,9-16H2,1H3,(H2,23,25,31)/b24-17+. The van der Waals surface area contributed by atoms with Crippen molar-refractivity contribution in [2.45, 2.75) is 19.8 Å². The van der Waals surface area contributed by atoms with E-state index in [2.05, 4.69) is 37.8 Å². The minimum Gasteiger partial charge on any atom is -0.379 e. The van der Waals surface area contributed by atoms with Gasteiger partial charge in [0.1, 0.15) is 5.82 Å². The number of thiocarbonyl (C=S) groups is 1. The molecule has 1 aromatic carbocycles. The summed E-state index contributed by atoms with van der Waals surface area (Å²) in [5, 5.41) is 13.0. The van der Waals surface area contributed by atoms with Crippen LogP contribution < -0.4 is 15.6 Å². The van der Waals surface area contributed by atoms with E-state index in [4.69, 9.17) is 22.1 Å². The molecule has 2 fully saturated rings. The number of nitrogens with one attached hydrogen (secondary N) is 2. The number of morpholine rings is 1. The second-order valence-corrected chi connectivity index (χ2v) is 8.25. The number of para-hydroxylation sites is 1. The molecule has 8 nitrogen and oxygen atoms in total. The third-order valence-corrected chi connectivity index (χ3v) is 5.90. The van der Waals surface area contributed by atoms with Crippen LogP contribution in [0.1, 0.15) is 24.1 Å². The average molecular weight is 442 g/mol. The van der Waals surface area contributed by atoms with Crippen LogP contribution in [0.5, 0.6) is 0 Å². The van der Waals surface area contributed by atoms with E-state index in [0.29, 0.717) is 5.11 Å². The minimum absolute atomic E-state index is 0.528. The van der Waals surface area contributed by atoms with Gasteiger partial charge in [0, 0.05) is 39.3 Å². The number of ether oxygens (including phenoxy) is 1. The largest absolute Gasteiger partial charge is 0.379 e. The Morgan fingerprint density at radius 3 is 2.65 bits per heavy atom. The summed E-state index contributed by atoms with van der Waals surface area (Å²) < 4.78 is 7.41. The molecule has 0 unspecified atom stereocenters. The Kier molecular flexibility index (Phi) is 7.50. The predicted octanol–water partition coefficient (Wildman–Crippen LogP) is 1.91. The smallest absolute Gasteiger partial charge is 0.187 e. The van der Waals surface area contributed by atoms with Crippen molar-refractivity contribution < 1.29 is 4.74 Å². The van der Waals surface area contributed by atoms with Gasteiger partial charge in [-0.15, -0.1) is 0 Å². The number of aromatic nitrogens is 2. The fraction of sp³-hybridized carbons (Fsp3) is 0.500. The van der Waals surface area contributed by atoms with Crippen LogP contribution in [0, 0.1) is 6.92 Å². The van der Waals surface area contributed by atoms with Crippen LogP contribution in [0.4, 0.5) is 5.82 Å². The summed E-state index contributed by atoms with van der Waals surface area (Å²) in [5.74, 6) is 1.10. The molecule has 3 heterocycles. The number of anilines is 1. The summed E-state index contributed by atoms with van der Waals surface area (Å²) in [6, 6.07) is 10.3. The molecule has 0 atom stereocenters. The Hall–Kier alpha value is -2.49. The van der Waals surface area contributed by atoms with Crippen LogP contribution in [0.2, 0.25) is 0 Å². The number of rotatable bonds is 7. The topological polar surface area (TPSA) is 70.0 Å². The molecular weight excluding hydrogens is 410 g/mol. The number of nitrogens with zero attached hydrogens (tertiary/aromatic N) is 5. The van der Waals surface area contributed by atoms with E-state index in [1.54, 1.807) is 0 Å². The zero-order valence-corrected chi connectivity index (χ0v) is 18.9. The van der Waals surface area contributed by atoms with Crippen LogP contribution in [-0.4, -0.2) is 78.5 Å². The van der Waals surface area contributed by atoms with E-state index in [-0.39, 0.29) is 0 Å². The van der Waals surface area contributed by atoms with E-state index in [9.17, 15) is 0 Å². The summed E-state index contributed by atoms with van der Waals surface area (Å²) >= 11 is 5.38. The van der Waals surface area contributed by atoms with Gasteiger partial charge in [-0.3, -0.25) is 10.3 Å². The Morgan fingerprint density at radius 2 is 1.90 bits per heavy atom. The van der Waals surface area contributed by atoms with Crippen molar-refractivity contribution in [1.29, 1.82) is 0 Å². The molecular formula is C22H31N7OS. The molecule has 31 heavy (non-hydrogen) atoms. The van der Waals surface area contributed by atoms with Gasteiger partial charge in [-0.1, -0.05) is 18.2 Å². The summed E-state index contributed by atoms with van der Waals surface area (Å²) in [6.07, 6.45) is 4.24. The van der Waals surface area contributed by atoms with Gasteiger partial charge >= 0.3 is 0 Å². The molecule has 0 bridgehead atoms. The van der Waals surface area contributed by atoms with Crippen molar-refractivity contribution in [3.05, 3.63) is 41.6 Å². The van der Waals surface area contributed by atoms with Gasteiger partial charge in [-0.2, -0.15) is 10.2 Å². The molecule has 4 rings (SSSR count). The van der Waals surface area contributed by atoms with Gasteiger partial charge in [-0.25, -0.2) is 4.68 Å². The highest BCUT2D eigenvalue weighted by atomic mass is 32.1. The third-order valence-electron chi connectivity index (χ3n) is 5.66. The lowest BCUT2D eigenvalue weighted by molar-refractivity contribution is 0.0389. The zero-order valence-electron chi connectivity index (χ0n) is 18.1. The molecule has 2 N–H and O–H groups in total. The minimum atomic E-state index is 0.528. The predicted molar refractivity (Wildman–Crippen MR) is 128 cm³/mol. The molecule has 2 aromatic rings. The first-order valence-electron chi connectivity index (χ1n) is 11.0. The highest BCUT2D eigenvalue weighted by Gasteiger charge is 2.23. The van der Waals surface area contributed by atoms with Crippen molar-refractivity contribution in [3.63, 3.8) is 0 Å². The quantitative estimate of drug-likeness (QED) is 0.386. The van der Waals surface area contributed by atoms with Crippen molar-refractivity contribution in [2.24, 2.45) is 5.10 Å². The van der Waals surface area contributed by atoms with Crippen molar-refractivity contribution in [1.82, 2.24) is 25.4 Å². The average Bonchev–Trinajstić information content (AvgIpc) is 3.43. The Balaban J connectivity index is 1.40. The van der Waals surface area contributed by atoms with Crippen LogP contribution >= 0.6 is 12.2 Å². The maximum Gasteiger partial charge on any atom is 0.187 e. The first kappa shape index (κ1) is 21.7.